The normalized spacial score (nSPS) is 56.2. The third kappa shape index (κ3) is 0.834. The zero-order valence-electron chi connectivity index (χ0n) is 8.59. The molecule has 2 fully saturated rings. The average molecular weight is 168 g/mol. The number of hydrogen-bond donors (Lipinski definition) is 1. The lowest BCUT2D eigenvalue weighted by atomic mass is 9.65. The van der Waals surface area contributed by atoms with Crippen molar-refractivity contribution < 1.29 is 5.11 Å². The quantitative estimate of drug-likeness (QED) is 0.589. The zero-order chi connectivity index (χ0) is 9.15. The molecule has 0 aliphatic heterocycles. The second-order valence-electron chi connectivity index (χ2n) is 5.71. The summed E-state index contributed by atoms with van der Waals surface area (Å²) >= 11 is 0. The minimum atomic E-state index is -0.362. The zero-order valence-corrected chi connectivity index (χ0v) is 8.59. The monoisotopic (exact) mass is 168 g/mol. The van der Waals surface area contributed by atoms with Gasteiger partial charge in [-0.05, 0) is 42.9 Å². The lowest BCUT2D eigenvalue weighted by Gasteiger charge is -2.43. The molecule has 2 bridgehead atoms. The summed E-state index contributed by atoms with van der Waals surface area (Å²) in [5.74, 6) is 2.00. The number of fused-ring (bicyclic) bond motifs is 2. The molecule has 2 saturated carbocycles. The van der Waals surface area contributed by atoms with E-state index < -0.39 is 0 Å². The van der Waals surface area contributed by atoms with E-state index in [1.165, 1.54) is 6.42 Å². The minimum absolute atomic E-state index is 0.362. The van der Waals surface area contributed by atoms with Gasteiger partial charge in [0.2, 0.25) is 0 Å². The van der Waals surface area contributed by atoms with E-state index in [0.717, 1.165) is 12.3 Å². The van der Waals surface area contributed by atoms with Crippen molar-refractivity contribution in [1.29, 1.82) is 0 Å². The molecule has 0 unspecified atom stereocenters. The van der Waals surface area contributed by atoms with Crippen LogP contribution in [0.3, 0.4) is 0 Å². The third-order valence-corrected chi connectivity index (χ3v) is 4.83. The fourth-order valence-corrected chi connectivity index (χ4v) is 3.49. The first-order valence-electron chi connectivity index (χ1n) is 5.08. The fraction of sp³-hybridized carbons (Fsp3) is 1.00. The van der Waals surface area contributed by atoms with Gasteiger partial charge in [0.15, 0.2) is 0 Å². The minimum Gasteiger partial charge on any atom is -0.390 e. The molecule has 2 rings (SSSR count). The molecule has 0 aromatic carbocycles. The van der Waals surface area contributed by atoms with E-state index in [9.17, 15) is 5.11 Å². The summed E-state index contributed by atoms with van der Waals surface area (Å²) in [6.07, 6.45) is 2.27. The standard InChI is InChI=1S/C11H20O/c1-7-9-5-8(10(7,2)3)6-11(9,4)12/h7-9,12H,5-6H2,1-4H3/t7-,8-,9+,11+/m0/s1. The van der Waals surface area contributed by atoms with Gasteiger partial charge in [-0.1, -0.05) is 20.8 Å². The van der Waals surface area contributed by atoms with Gasteiger partial charge in [-0.25, -0.2) is 0 Å². The van der Waals surface area contributed by atoms with E-state index in [1.807, 2.05) is 6.92 Å². The van der Waals surface area contributed by atoms with E-state index in [4.69, 9.17) is 0 Å². The molecule has 0 amide bonds. The van der Waals surface area contributed by atoms with Crippen LogP contribution >= 0.6 is 0 Å². The van der Waals surface area contributed by atoms with Gasteiger partial charge in [-0.3, -0.25) is 0 Å². The molecule has 1 heteroatoms. The highest BCUT2D eigenvalue weighted by atomic mass is 16.3. The van der Waals surface area contributed by atoms with Crippen molar-refractivity contribution in [1.82, 2.24) is 0 Å². The molecule has 0 aromatic heterocycles. The van der Waals surface area contributed by atoms with Crippen LogP contribution in [0, 0.1) is 23.2 Å². The van der Waals surface area contributed by atoms with E-state index in [2.05, 4.69) is 20.8 Å². The molecule has 0 spiro atoms. The summed E-state index contributed by atoms with van der Waals surface area (Å²) in [6.45, 7) is 9.04. The number of hydrogen-bond acceptors (Lipinski definition) is 1. The van der Waals surface area contributed by atoms with Crippen molar-refractivity contribution >= 4 is 0 Å². The summed E-state index contributed by atoms with van der Waals surface area (Å²) in [4.78, 5) is 0. The van der Waals surface area contributed by atoms with Gasteiger partial charge < -0.3 is 5.11 Å². The van der Waals surface area contributed by atoms with E-state index in [0.29, 0.717) is 17.3 Å². The van der Waals surface area contributed by atoms with Crippen LogP contribution in [0.15, 0.2) is 0 Å². The Labute approximate surface area is 75.2 Å². The Morgan fingerprint density at radius 2 is 1.83 bits per heavy atom. The lowest BCUT2D eigenvalue weighted by molar-refractivity contribution is -0.0537. The van der Waals surface area contributed by atoms with E-state index in [1.54, 1.807) is 0 Å². The molecule has 2 aliphatic rings. The molecule has 0 saturated heterocycles. The van der Waals surface area contributed by atoms with Crippen LogP contribution in [0.25, 0.3) is 0 Å². The average Bonchev–Trinajstić information content (AvgIpc) is 2.31. The van der Waals surface area contributed by atoms with E-state index in [-0.39, 0.29) is 5.60 Å². The lowest BCUT2D eigenvalue weighted by Crippen LogP contribution is -2.42. The van der Waals surface area contributed by atoms with Gasteiger partial charge in [0.25, 0.3) is 0 Å². The summed E-state index contributed by atoms with van der Waals surface area (Å²) in [5, 5.41) is 10.1. The van der Waals surface area contributed by atoms with Crippen molar-refractivity contribution in [3.05, 3.63) is 0 Å². The van der Waals surface area contributed by atoms with Gasteiger partial charge in [0.05, 0.1) is 5.60 Å². The summed E-state index contributed by atoms with van der Waals surface area (Å²) in [6, 6.07) is 0. The molecule has 0 heterocycles. The summed E-state index contributed by atoms with van der Waals surface area (Å²) < 4.78 is 0. The Morgan fingerprint density at radius 3 is 2.17 bits per heavy atom. The van der Waals surface area contributed by atoms with Gasteiger partial charge in [-0.2, -0.15) is 0 Å². The second-order valence-corrected chi connectivity index (χ2v) is 5.71. The number of rotatable bonds is 0. The van der Waals surface area contributed by atoms with Crippen molar-refractivity contribution in [2.45, 2.75) is 46.1 Å². The van der Waals surface area contributed by atoms with Crippen LogP contribution in [0.1, 0.15) is 40.5 Å². The highest BCUT2D eigenvalue weighted by Crippen LogP contribution is 2.62. The molecular formula is C11H20O. The largest absolute Gasteiger partial charge is 0.390 e. The number of aliphatic hydroxyl groups is 1. The fourth-order valence-electron chi connectivity index (χ4n) is 3.49. The first kappa shape index (κ1) is 8.55. The molecule has 2 aliphatic carbocycles. The molecule has 1 nitrogen and oxygen atoms in total. The first-order chi connectivity index (χ1) is 5.36. The van der Waals surface area contributed by atoms with Crippen LogP contribution in [-0.4, -0.2) is 10.7 Å². The third-order valence-electron chi connectivity index (χ3n) is 4.83. The molecule has 4 atom stereocenters. The first-order valence-corrected chi connectivity index (χ1v) is 5.08. The van der Waals surface area contributed by atoms with Crippen LogP contribution in [0.2, 0.25) is 0 Å². The van der Waals surface area contributed by atoms with Crippen LogP contribution < -0.4 is 0 Å². The van der Waals surface area contributed by atoms with Crippen molar-refractivity contribution in [3.63, 3.8) is 0 Å². The van der Waals surface area contributed by atoms with Gasteiger partial charge in [0, 0.05) is 0 Å². The Balaban J connectivity index is 2.30. The second kappa shape index (κ2) is 2.06. The maximum Gasteiger partial charge on any atom is 0.0653 e. The smallest absolute Gasteiger partial charge is 0.0653 e. The van der Waals surface area contributed by atoms with Crippen molar-refractivity contribution in [2.24, 2.45) is 23.2 Å². The molecule has 12 heavy (non-hydrogen) atoms. The molecule has 0 radical (unpaired) electrons. The Bertz CT molecular complexity index is 201. The summed E-state index contributed by atoms with van der Waals surface area (Å²) in [7, 11) is 0. The van der Waals surface area contributed by atoms with Crippen LogP contribution in [-0.2, 0) is 0 Å². The van der Waals surface area contributed by atoms with Crippen molar-refractivity contribution in [3.8, 4) is 0 Å². The van der Waals surface area contributed by atoms with Gasteiger partial charge in [-0.15, -0.1) is 0 Å². The van der Waals surface area contributed by atoms with Gasteiger partial charge in [0.1, 0.15) is 0 Å². The predicted octanol–water partition coefficient (Wildman–Crippen LogP) is 2.44. The predicted molar refractivity (Wildman–Crippen MR) is 49.8 cm³/mol. The maximum absolute atomic E-state index is 10.1. The Morgan fingerprint density at radius 1 is 1.25 bits per heavy atom. The SMILES string of the molecule is C[C@H]1[C@H]2C[C@@H](C[C@@]2(C)O)C1(C)C. The molecule has 0 aromatic rings. The van der Waals surface area contributed by atoms with E-state index >= 15 is 0 Å². The van der Waals surface area contributed by atoms with Crippen LogP contribution in [0.4, 0.5) is 0 Å². The molecular weight excluding hydrogens is 148 g/mol. The maximum atomic E-state index is 10.1. The van der Waals surface area contributed by atoms with Crippen molar-refractivity contribution in [2.75, 3.05) is 0 Å². The topological polar surface area (TPSA) is 20.2 Å². The highest BCUT2D eigenvalue weighted by Gasteiger charge is 2.59. The van der Waals surface area contributed by atoms with Crippen LogP contribution in [0.5, 0.6) is 0 Å². The highest BCUT2D eigenvalue weighted by molar-refractivity contribution is 5.09. The Hall–Kier alpha value is -0.0400. The molecule has 1 N–H and O–H groups in total. The van der Waals surface area contributed by atoms with Gasteiger partial charge >= 0.3 is 0 Å². The Kier molecular flexibility index (Phi) is 1.47. The molecule has 70 valence electrons. The summed E-state index contributed by atoms with van der Waals surface area (Å²) in [5.41, 5.74) is 0.104.